The van der Waals surface area contributed by atoms with Gasteiger partial charge in [-0.25, -0.2) is 9.59 Å². The van der Waals surface area contributed by atoms with Crippen molar-refractivity contribution in [2.24, 2.45) is 0 Å². The SMILES string of the molecule is COC(=O)/C=C(\C(=O)OC)c1cc(OC)cs1. The third kappa shape index (κ3) is 3.32. The van der Waals surface area contributed by atoms with Gasteiger partial charge in [-0.05, 0) is 6.07 Å². The van der Waals surface area contributed by atoms with Crippen molar-refractivity contribution in [3.8, 4) is 5.75 Å². The molecule has 0 aliphatic carbocycles. The first-order chi connectivity index (χ1) is 8.12. The highest BCUT2D eigenvalue weighted by Crippen LogP contribution is 2.28. The van der Waals surface area contributed by atoms with Gasteiger partial charge in [0.25, 0.3) is 0 Å². The zero-order valence-corrected chi connectivity index (χ0v) is 10.5. The number of ether oxygens (including phenoxy) is 3. The molecule has 0 unspecified atom stereocenters. The van der Waals surface area contributed by atoms with Gasteiger partial charge < -0.3 is 14.2 Å². The molecule has 0 aliphatic rings. The fraction of sp³-hybridized carbons (Fsp3) is 0.273. The molecular weight excluding hydrogens is 244 g/mol. The van der Waals surface area contributed by atoms with Gasteiger partial charge in [0.1, 0.15) is 5.75 Å². The minimum absolute atomic E-state index is 0.146. The third-order valence-corrected chi connectivity index (χ3v) is 2.89. The molecular formula is C11H12O5S. The lowest BCUT2D eigenvalue weighted by molar-refractivity contribution is -0.136. The first-order valence-electron chi connectivity index (χ1n) is 4.63. The lowest BCUT2D eigenvalue weighted by Crippen LogP contribution is -2.06. The van der Waals surface area contributed by atoms with E-state index in [1.807, 2.05) is 0 Å². The molecule has 0 aliphatic heterocycles. The molecule has 92 valence electrons. The molecule has 0 N–H and O–H groups in total. The zero-order chi connectivity index (χ0) is 12.8. The van der Waals surface area contributed by atoms with Crippen LogP contribution in [-0.2, 0) is 19.1 Å². The summed E-state index contributed by atoms with van der Waals surface area (Å²) in [5.74, 6) is -0.595. The standard InChI is InChI=1S/C11H12O5S/c1-14-7-4-9(17-6-7)8(11(13)16-3)5-10(12)15-2/h4-6H,1-3H3/b8-5-. The number of hydrogen-bond donors (Lipinski definition) is 0. The maximum absolute atomic E-state index is 11.5. The second-order valence-electron chi connectivity index (χ2n) is 2.92. The quantitative estimate of drug-likeness (QED) is 0.603. The smallest absolute Gasteiger partial charge is 0.339 e. The van der Waals surface area contributed by atoms with Crippen LogP contribution in [0, 0.1) is 0 Å². The molecule has 0 amide bonds. The molecule has 0 aromatic carbocycles. The van der Waals surface area contributed by atoms with Crippen LogP contribution in [0.4, 0.5) is 0 Å². The molecule has 17 heavy (non-hydrogen) atoms. The summed E-state index contributed by atoms with van der Waals surface area (Å²) in [6.45, 7) is 0. The Hall–Kier alpha value is -1.82. The van der Waals surface area contributed by atoms with E-state index in [-0.39, 0.29) is 5.57 Å². The molecule has 0 fully saturated rings. The van der Waals surface area contributed by atoms with Gasteiger partial charge in [-0.1, -0.05) is 0 Å². The third-order valence-electron chi connectivity index (χ3n) is 1.95. The maximum Gasteiger partial charge on any atom is 0.339 e. The summed E-state index contributed by atoms with van der Waals surface area (Å²) >= 11 is 1.28. The molecule has 0 bridgehead atoms. The van der Waals surface area contributed by atoms with Gasteiger partial charge in [-0.3, -0.25) is 0 Å². The predicted molar refractivity (Wildman–Crippen MR) is 62.9 cm³/mol. The van der Waals surface area contributed by atoms with E-state index in [1.54, 1.807) is 11.4 Å². The number of methoxy groups -OCH3 is 3. The minimum atomic E-state index is -0.613. The van der Waals surface area contributed by atoms with Crippen molar-refractivity contribution in [1.82, 2.24) is 0 Å². The lowest BCUT2D eigenvalue weighted by Gasteiger charge is -2.02. The number of thiophene rings is 1. The van der Waals surface area contributed by atoms with Gasteiger partial charge in [0.2, 0.25) is 0 Å². The number of rotatable bonds is 4. The van der Waals surface area contributed by atoms with Gasteiger partial charge in [0, 0.05) is 16.3 Å². The van der Waals surface area contributed by atoms with Crippen LogP contribution in [0.1, 0.15) is 4.88 Å². The molecule has 1 aromatic heterocycles. The zero-order valence-electron chi connectivity index (χ0n) is 9.68. The van der Waals surface area contributed by atoms with Crippen LogP contribution >= 0.6 is 11.3 Å². The maximum atomic E-state index is 11.5. The Bertz CT molecular complexity index is 446. The molecule has 5 nitrogen and oxygen atoms in total. The van der Waals surface area contributed by atoms with Crippen molar-refractivity contribution in [1.29, 1.82) is 0 Å². The van der Waals surface area contributed by atoms with E-state index in [1.165, 1.54) is 32.7 Å². The topological polar surface area (TPSA) is 61.8 Å². The monoisotopic (exact) mass is 256 g/mol. The van der Waals surface area contributed by atoms with Crippen molar-refractivity contribution in [2.75, 3.05) is 21.3 Å². The average Bonchev–Trinajstić information content (AvgIpc) is 2.83. The van der Waals surface area contributed by atoms with E-state index in [9.17, 15) is 9.59 Å². The van der Waals surface area contributed by atoms with Gasteiger partial charge in [0.15, 0.2) is 0 Å². The summed E-state index contributed by atoms with van der Waals surface area (Å²) in [7, 11) is 4.01. The van der Waals surface area contributed by atoms with Gasteiger partial charge in [0.05, 0.1) is 26.9 Å². The molecule has 6 heteroatoms. The Morgan fingerprint density at radius 2 is 1.94 bits per heavy atom. The van der Waals surface area contributed by atoms with E-state index in [0.29, 0.717) is 10.6 Å². The number of hydrogen-bond acceptors (Lipinski definition) is 6. The molecule has 0 saturated carbocycles. The number of esters is 2. The Balaban J connectivity index is 3.10. The summed E-state index contributed by atoms with van der Waals surface area (Å²) in [4.78, 5) is 23.3. The van der Waals surface area contributed by atoms with Gasteiger partial charge in [-0.15, -0.1) is 11.3 Å². The minimum Gasteiger partial charge on any atom is -0.496 e. The average molecular weight is 256 g/mol. The van der Waals surface area contributed by atoms with Crippen LogP contribution in [0.5, 0.6) is 5.75 Å². The predicted octanol–water partition coefficient (Wildman–Crippen LogP) is 1.49. The van der Waals surface area contributed by atoms with Crippen LogP contribution < -0.4 is 4.74 Å². The summed E-state index contributed by atoms with van der Waals surface area (Å²) in [5.41, 5.74) is 0.146. The second-order valence-corrected chi connectivity index (χ2v) is 3.83. The van der Waals surface area contributed by atoms with Gasteiger partial charge in [-0.2, -0.15) is 0 Å². The first-order valence-corrected chi connectivity index (χ1v) is 5.51. The van der Waals surface area contributed by atoms with Crippen molar-refractivity contribution in [2.45, 2.75) is 0 Å². The van der Waals surface area contributed by atoms with Crippen molar-refractivity contribution < 1.29 is 23.8 Å². The van der Waals surface area contributed by atoms with Crippen LogP contribution in [0.3, 0.4) is 0 Å². The highest BCUT2D eigenvalue weighted by Gasteiger charge is 2.17. The van der Waals surface area contributed by atoms with E-state index in [2.05, 4.69) is 9.47 Å². The fourth-order valence-electron chi connectivity index (χ4n) is 1.08. The fourth-order valence-corrected chi connectivity index (χ4v) is 1.95. The van der Waals surface area contributed by atoms with E-state index in [4.69, 9.17) is 4.74 Å². The molecule has 0 atom stereocenters. The van der Waals surface area contributed by atoms with Crippen LogP contribution in [-0.4, -0.2) is 33.3 Å². The number of carbonyl (C=O) groups is 2. The van der Waals surface area contributed by atoms with Crippen LogP contribution in [0.25, 0.3) is 5.57 Å². The highest BCUT2D eigenvalue weighted by atomic mass is 32.1. The van der Waals surface area contributed by atoms with Crippen molar-refractivity contribution in [3.05, 3.63) is 22.4 Å². The highest BCUT2D eigenvalue weighted by molar-refractivity contribution is 7.11. The summed E-state index contributed by atoms with van der Waals surface area (Å²) in [6, 6.07) is 1.65. The second kappa shape index (κ2) is 6.05. The largest absolute Gasteiger partial charge is 0.496 e. The summed E-state index contributed by atoms with van der Waals surface area (Å²) < 4.78 is 14.1. The lowest BCUT2D eigenvalue weighted by atomic mass is 10.2. The van der Waals surface area contributed by atoms with E-state index < -0.39 is 11.9 Å². The number of carbonyl (C=O) groups excluding carboxylic acids is 2. The van der Waals surface area contributed by atoms with Crippen LogP contribution in [0.15, 0.2) is 17.5 Å². The molecule has 0 radical (unpaired) electrons. The first kappa shape index (κ1) is 13.2. The molecule has 0 spiro atoms. The van der Waals surface area contributed by atoms with Crippen molar-refractivity contribution in [3.63, 3.8) is 0 Å². The van der Waals surface area contributed by atoms with Crippen LogP contribution in [0.2, 0.25) is 0 Å². The normalized spacial score (nSPS) is 10.9. The summed E-state index contributed by atoms with van der Waals surface area (Å²) in [5, 5.41) is 1.73. The van der Waals surface area contributed by atoms with E-state index >= 15 is 0 Å². The van der Waals surface area contributed by atoms with Gasteiger partial charge >= 0.3 is 11.9 Å². The molecule has 1 heterocycles. The molecule has 1 rings (SSSR count). The Labute approximate surface area is 103 Å². The van der Waals surface area contributed by atoms with Crippen molar-refractivity contribution >= 4 is 28.8 Å². The molecule has 0 saturated heterocycles. The summed E-state index contributed by atoms with van der Waals surface area (Å²) in [6.07, 6.45) is 1.09. The Morgan fingerprint density at radius 1 is 1.24 bits per heavy atom. The Kier molecular flexibility index (Phi) is 4.71. The molecule has 1 aromatic rings. The van der Waals surface area contributed by atoms with E-state index in [0.717, 1.165) is 6.08 Å². The Morgan fingerprint density at radius 3 is 2.41 bits per heavy atom.